The lowest BCUT2D eigenvalue weighted by molar-refractivity contribution is -0.178. The second-order valence-corrected chi connectivity index (χ2v) is 7.30. The van der Waals surface area contributed by atoms with E-state index in [0.717, 1.165) is 0 Å². The topological polar surface area (TPSA) is 55.4 Å². The Bertz CT molecular complexity index is 369. The summed E-state index contributed by atoms with van der Waals surface area (Å²) in [4.78, 5) is 0. The van der Waals surface area contributed by atoms with E-state index in [1.807, 2.05) is 41.5 Å². The minimum atomic E-state index is -0.665. The summed E-state index contributed by atoms with van der Waals surface area (Å²) in [5.41, 5.74) is 0. The summed E-state index contributed by atoms with van der Waals surface area (Å²) in [6.07, 6.45) is -0.799. The predicted octanol–water partition coefficient (Wildman–Crippen LogP) is 1.81. The summed E-state index contributed by atoms with van der Waals surface area (Å²) in [6.45, 7) is 12.4. The Balaban J connectivity index is 1.75. The lowest BCUT2D eigenvalue weighted by atomic mass is 10.0. The first-order valence-corrected chi connectivity index (χ1v) is 7.56. The monoisotopic (exact) mass is 302 g/mol. The van der Waals surface area contributed by atoms with Gasteiger partial charge >= 0.3 is 0 Å². The first-order chi connectivity index (χ1) is 9.57. The highest BCUT2D eigenvalue weighted by Crippen LogP contribution is 2.39. The third-order valence-electron chi connectivity index (χ3n) is 3.96. The third-order valence-corrected chi connectivity index (χ3v) is 3.96. The summed E-state index contributed by atoms with van der Waals surface area (Å²) in [5, 5.41) is 0. The van der Waals surface area contributed by atoms with Crippen molar-refractivity contribution < 1.29 is 28.4 Å². The summed E-state index contributed by atoms with van der Waals surface area (Å²) in [5.74, 6) is -1.84. The molecule has 0 radical (unpaired) electrons. The Morgan fingerprint density at radius 1 is 0.571 bits per heavy atom. The largest absolute Gasteiger partial charge is 0.348 e. The van der Waals surface area contributed by atoms with Crippen LogP contribution in [0.25, 0.3) is 0 Å². The zero-order valence-electron chi connectivity index (χ0n) is 13.7. The van der Waals surface area contributed by atoms with Crippen LogP contribution in [-0.4, -0.2) is 55.0 Å². The van der Waals surface area contributed by atoms with Gasteiger partial charge in [-0.2, -0.15) is 0 Å². The summed E-state index contributed by atoms with van der Waals surface area (Å²) >= 11 is 0. The van der Waals surface area contributed by atoms with Crippen LogP contribution in [0.5, 0.6) is 0 Å². The van der Waals surface area contributed by atoms with Crippen molar-refractivity contribution in [2.75, 3.05) is 13.2 Å². The van der Waals surface area contributed by atoms with Gasteiger partial charge in [0.25, 0.3) is 0 Å². The van der Waals surface area contributed by atoms with Crippen molar-refractivity contribution in [1.29, 1.82) is 0 Å². The first-order valence-electron chi connectivity index (χ1n) is 7.56. The van der Waals surface area contributed by atoms with Gasteiger partial charge in [-0.15, -0.1) is 0 Å². The maximum absolute atomic E-state index is 6.06. The molecular formula is C15H26O6. The lowest BCUT2D eigenvalue weighted by Gasteiger charge is -2.26. The predicted molar refractivity (Wildman–Crippen MR) is 73.6 cm³/mol. The fourth-order valence-corrected chi connectivity index (χ4v) is 3.15. The number of ether oxygens (including phenoxy) is 6. The molecule has 122 valence electrons. The third kappa shape index (κ3) is 3.25. The Labute approximate surface area is 126 Å². The molecule has 3 aliphatic heterocycles. The molecule has 3 saturated heterocycles. The van der Waals surface area contributed by atoms with E-state index >= 15 is 0 Å². The van der Waals surface area contributed by atoms with Gasteiger partial charge in [-0.05, 0) is 41.5 Å². The zero-order valence-corrected chi connectivity index (χ0v) is 13.7. The van der Waals surface area contributed by atoms with E-state index in [1.165, 1.54) is 0 Å². The fraction of sp³-hybridized carbons (Fsp3) is 1.00. The summed E-state index contributed by atoms with van der Waals surface area (Å²) in [7, 11) is 0. The van der Waals surface area contributed by atoms with E-state index in [1.54, 1.807) is 0 Å². The van der Waals surface area contributed by atoms with E-state index in [0.29, 0.717) is 13.2 Å². The van der Waals surface area contributed by atoms with Gasteiger partial charge < -0.3 is 28.4 Å². The van der Waals surface area contributed by atoms with Gasteiger partial charge in [0, 0.05) is 0 Å². The highest BCUT2D eigenvalue weighted by Gasteiger charge is 2.54. The Morgan fingerprint density at radius 2 is 0.952 bits per heavy atom. The van der Waals surface area contributed by atoms with E-state index in [4.69, 9.17) is 28.4 Å². The Kier molecular flexibility index (Phi) is 3.63. The molecule has 3 aliphatic rings. The normalized spacial score (nSPS) is 44.3. The van der Waals surface area contributed by atoms with Crippen LogP contribution in [0.4, 0.5) is 0 Å². The van der Waals surface area contributed by atoms with Gasteiger partial charge in [0.15, 0.2) is 17.4 Å². The second kappa shape index (κ2) is 4.88. The quantitative estimate of drug-likeness (QED) is 0.775. The minimum absolute atomic E-state index is 0.168. The molecule has 21 heavy (non-hydrogen) atoms. The molecule has 4 atom stereocenters. The van der Waals surface area contributed by atoms with Crippen LogP contribution >= 0.6 is 0 Å². The summed E-state index contributed by atoms with van der Waals surface area (Å²) in [6, 6.07) is 0. The molecule has 3 fully saturated rings. The van der Waals surface area contributed by atoms with Crippen LogP contribution in [0.2, 0.25) is 0 Å². The van der Waals surface area contributed by atoms with Crippen LogP contribution in [0.3, 0.4) is 0 Å². The molecule has 0 aromatic rings. The van der Waals surface area contributed by atoms with Crippen LogP contribution in [0, 0.1) is 0 Å². The molecule has 6 heteroatoms. The van der Waals surface area contributed by atoms with E-state index in [9.17, 15) is 0 Å². The lowest BCUT2D eigenvalue weighted by Crippen LogP contribution is -2.45. The highest BCUT2D eigenvalue weighted by atomic mass is 16.8. The molecule has 0 amide bonds. The van der Waals surface area contributed by atoms with Gasteiger partial charge in [0.1, 0.15) is 24.4 Å². The molecule has 0 unspecified atom stereocenters. The van der Waals surface area contributed by atoms with Gasteiger partial charge in [0.05, 0.1) is 13.2 Å². The molecular weight excluding hydrogens is 276 g/mol. The molecule has 6 nitrogen and oxygen atoms in total. The maximum atomic E-state index is 6.06. The molecule has 0 aliphatic carbocycles. The second-order valence-electron chi connectivity index (χ2n) is 7.30. The van der Waals surface area contributed by atoms with Crippen LogP contribution < -0.4 is 0 Å². The van der Waals surface area contributed by atoms with Crippen molar-refractivity contribution in [1.82, 2.24) is 0 Å². The van der Waals surface area contributed by atoms with Crippen molar-refractivity contribution in [2.24, 2.45) is 0 Å². The Morgan fingerprint density at radius 3 is 1.24 bits per heavy atom. The smallest absolute Gasteiger partial charge is 0.164 e. The standard InChI is InChI=1S/C15H26O6/c1-13(2)16-7-9(18-13)11-12(21-15(5,6)20-11)10-8-17-14(3,4)19-10/h9-12H,7-8H2,1-6H3/t9-,10+,11+,12-. The van der Waals surface area contributed by atoms with Crippen molar-refractivity contribution in [2.45, 2.75) is 83.3 Å². The van der Waals surface area contributed by atoms with Gasteiger partial charge in [0.2, 0.25) is 0 Å². The molecule has 3 rings (SSSR count). The van der Waals surface area contributed by atoms with Crippen LogP contribution in [0.1, 0.15) is 41.5 Å². The van der Waals surface area contributed by atoms with Gasteiger partial charge in [-0.3, -0.25) is 0 Å². The van der Waals surface area contributed by atoms with Crippen molar-refractivity contribution >= 4 is 0 Å². The van der Waals surface area contributed by atoms with Gasteiger partial charge in [-0.1, -0.05) is 0 Å². The summed E-state index contributed by atoms with van der Waals surface area (Å²) < 4.78 is 35.3. The highest BCUT2D eigenvalue weighted by molar-refractivity contribution is 4.96. The molecule has 0 aromatic heterocycles. The average molecular weight is 302 g/mol. The van der Waals surface area contributed by atoms with E-state index in [-0.39, 0.29) is 24.4 Å². The molecule has 0 saturated carbocycles. The number of hydrogen-bond donors (Lipinski definition) is 0. The minimum Gasteiger partial charge on any atom is -0.348 e. The van der Waals surface area contributed by atoms with Crippen molar-refractivity contribution in [3.8, 4) is 0 Å². The van der Waals surface area contributed by atoms with Crippen molar-refractivity contribution in [3.63, 3.8) is 0 Å². The molecule has 0 bridgehead atoms. The average Bonchev–Trinajstić information content (AvgIpc) is 2.94. The first kappa shape index (κ1) is 15.6. The SMILES string of the molecule is CC1(C)O[C@@H]([C@H]2COC(C)(C)O2)[C@@H]([C@@H]2COC(C)(C)O2)O1. The maximum Gasteiger partial charge on any atom is 0.164 e. The zero-order chi connectivity index (χ0) is 15.5. The number of hydrogen-bond acceptors (Lipinski definition) is 6. The Hall–Kier alpha value is -0.240. The fourth-order valence-electron chi connectivity index (χ4n) is 3.15. The number of rotatable bonds is 2. The van der Waals surface area contributed by atoms with Crippen LogP contribution in [0.15, 0.2) is 0 Å². The van der Waals surface area contributed by atoms with E-state index < -0.39 is 17.4 Å². The van der Waals surface area contributed by atoms with Crippen LogP contribution in [-0.2, 0) is 28.4 Å². The molecule has 0 N–H and O–H groups in total. The molecule has 3 heterocycles. The van der Waals surface area contributed by atoms with Gasteiger partial charge in [-0.25, -0.2) is 0 Å². The molecule has 0 aromatic carbocycles. The van der Waals surface area contributed by atoms with E-state index in [2.05, 4.69) is 0 Å². The van der Waals surface area contributed by atoms with Crippen molar-refractivity contribution in [3.05, 3.63) is 0 Å². The molecule has 0 spiro atoms.